The van der Waals surface area contributed by atoms with E-state index >= 15 is 0 Å². The summed E-state index contributed by atoms with van der Waals surface area (Å²) >= 11 is 0. The number of methoxy groups -OCH3 is 1. The van der Waals surface area contributed by atoms with Crippen LogP contribution in [0.15, 0.2) is 60.7 Å². The van der Waals surface area contributed by atoms with Crippen molar-refractivity contribution in [1.82, 2.24) is 5.32 Å². The summed E-state index contributed by atoms with van der Waals surface area (Å²) in [6.45, 7) is 0.697. The Bertz CT molecular complexity index is 713. The van der Waals surface area contributed by atoms with Crippen LogP contribution in [-0.2, 0) is 10.2 Å². The van der Waals surface area contributed by atoms with Crippen LogP contribution >= 0.6 is 0 Å². The largest absolute Gasteiger partial charge is 0.497 e. The molecule has 3 rings (SSSR count). The van der Waals surface area contributed by atoms with Crippen molar-refractivity contribution in [3.05, 3.63) is 71.8 Å². The molecule has 0 saturated heterocycles. The fourth-order valence-corrected chi connectivity index (χ4v) is 3.61. The standard InChI is InChI=1S/C22H25NO2/c1-25-20-12-9-18(10-13-20)11-14-21(24)23-17-22(15-5-6-16-22)19-7-3-2-4-8-19/h2-4,7-14H,5-6,15-17H2,1H3,(H,23,24)/b14-11-. The molecule has 1 saturated carbocycles. The average Bonchev–Trinajstić information content (AvgIpc) is 3.16. The Kier molecular flexibility index (Phi) is 5.54. The van der Waals surface area contributed by atoms with Crippen molar-refractivity contribution >= 4 is 12.0 Å². The third kappa shape index (κ3) is 4.30. The Morgan fingerprint density at radius 2 is 1.76 bits per heavy atom. The monoisotopic (exact) mass is 335 g/mol. The minimum absolute atomic E-state index is 0.0435. The maximum Gasteiger partial charge on any atom is 0.244 e. The molecule has 0 heterocycles. The number of ether oxygens (including phenoxy) is 1. The maximum atomic E-state index is 12.2. The van der Waals surface area contributed by atoms with Crippen molar-refractivity contribution < 1.29 is 9.53 Å². The predicted molar refractivity (Wildman–Crippen MR) is 102 cm³/mol. The molecule has 0 bridgehead atoms. The number of benzene rings is 2. The van der Waals surface area contributed by atoms with E-state index in [4.69, 9.17) is 4.74 Å². The Morgan fingerprint density at radius 3 is 2.40 bits per heavy atom. The molecule has 130 valence electrons. The van der Waals surface area contributed by atoms with Crippen LogP contribution in [0, 0.1) is 0 Å². The van der Waals surface area contributed by atoms with E-state index in [2.05, 4.69) is 29.6 Å². The van der Waals surface area contributed by atoms with E-state index in [0.717, 1.165) is 24.2 Å². The van der Waals surface area contributed by atoms with E-state index in [0.29, 0.717) is 6.54 Å². The van der Waals surface area contributed by atoms with Crippen LogP contribution < -0.4 is 10.1 Å². The number of nitrogens with one attached hydrogen (secondary N) is 1. The molecule has 0 spiro atoms. The number of carbonyl (C=O) groups is 1. The topological polar surface area (TPSA) is 38.3 Å². The van der Waals surface area contributed by atoms with Crippen molar-refractivity contribution in [2.24, 2.45) is 0 Å². The lowest BCUT2D eigenvalue weighted by Gasteiger charge is -2.29. The highest BCUT2D eigenvalue weighted by Gasteiger charge is 2.35. The van der Waals surface area contributed by atoms with Crippen molar-refractivity contribution in [2.75, 3.05) is 13.7 Å². The quantitative estimate of drug-likeness (QED) is 0.798. The normalized spacial score (nSPS) is 16.0. The van der Waals surface area contributed by atoms with E-state index in [-0.39, 0.29) is 11.3 Å². The van der Waals surface area contributed by atoms with Crippen LogP contribution in [0.4, 0.5) is 0 Å². The number of rotatable bonds is 6. The molecule has 2 aromatic rings. The summed E-state index contributed by atoms with van der Waals surface area (Å²) in [5.74, 6) is 0.769. The van der Waals surface area contributed by atoms with Gasteiger partial charge in [-0.25, -0.2) is 0 Å². The van der Waals surface area contributed by atoms with Gasteiger partial charge in [-0.1, -0.05) is 55.3 Å². The van der Waals surface area contributed by atoms with Crippen LogP contribution in [0.2, 0.25) is 0 Å². The SMILES string of the molecule is COc1ccc(/C=C\C(=O)NCC2(c3ccccc3)CCCC2)cc1. The molecule has 3 nitrogen and oxygen atoms in total. The van der Waals surface area contributed by atoms with Gasteiger partial charge in [0.1, 0.15) is 5.75 Å². The van der Waals surface area contributed by atoms with Crippen molar-refractivity contribution in [3.8, 4) is 5.75 Å². The number of carbonyl (C=O) groups excluding carboxylic acids is 1. The second kappa shape index (κ2) is 8.02. The third-order valence-electron chi connectivity index (χ3n) is 5.09. The zero-order chi connectivity index (χ0) is 17.5. The summed E-state index contributed by atoms with van der Waals surface area (Å²) in [6.07, 6.45) is 8.17. The minimum Gasteiger partial charge on any atom is -0.497 e. The Morgan fingerprint density at radius 1 is 1.08 bits per heavy atom. The van der Waals surface area contributed by atoms with E-state index in [1.54, 1.807) is 13.2 Å². The molecule has 0 atom stereocenters. The van der Waals surface area contributed by atoms with E-state index in [1.165, 1.54) is 18.4 Å². The second-order valence-corrected chi connectivity index (χ2v) is 6.68. The first kappa shape index (κ1) is 17.3. The highest BCUT2D eigenvalue weighted by atomic mass is 16.5. The summed E-state index contributed by atoms with van der Waals surface area (Å²) in [7, 11) is 1.64. The predicted octanol–water partition coefficient (Wildman–Crippen LogP) is 4.34. The smallest absolute Gasteiger partial charge is 0.244 e. The Balaban J connectivity index is 1.61. The molecule has 1 aliphatic rings. The molecular formula is C22H25NO2. The average molecular weight is 335 g/mol. The third-order valence-corrected chi connectivity index (χ3v) is 5.09. The van der Waals surface area contributed by atoms with Gasteiger partial charge in [-0.05, 0) is 42.2 Å². The van der Waals surface area contributed by atoms with E-state index in [1.807, 2.05) is 36.4 Å². The lowest BCUT2D eigenvalue weighted by molar-refractivity contribution is -0.116. The molecule has 2 aromatic carbocycles. The van der Waals surface area contributed by atoms with E-state index in [9.17, 15) is 4.79 Å². The van der Waals surface area contributed by atoms with Gasteiger partial charge in [-0.2, -0.15) is 0 Å². The molecule has 1 fully saturated rings. The second-order valence-electron chi connectivity index (χ2n) is 6.68. The summed E-state index contributed by atoms with van der Waals surface area (Å²) in [6, 6.07) is 18.2. The highest BCUT2D eigenvalue weighted by molar-refractivity contribution is 5.91. The van der Waals surface area contributed by atoms with Crippen molar-refractivity contribution in [2.45, 2.75) is 31.1 Å². The van der Waals surface area contributed by atoms with Gasteiger partial charge in [-0.15, -0.1) is 0 Å². The van der Waals surface area contributed by atoms with Gasteiger partial charge >= 0.3 is 0 Å². The molecule has 1 aliphatic carbocycles. The van der Waals surface area contributed by atoms with Crippen LogP contribution in [0.3, 0.4) is 0 Å². The summed E-state index contributed by atoms with van der Waals surface area (Å²) in [5.41, 5.74) is 2.41. The number of amides is 1. The summed E-state index contributed by atoms with van der Waals surface area (Å²) in [5, 5.41) is 3.11. The van der Waals surface area contributed by atoms with Crippen LogP contribution in [-0.4, -0.2) is 19.6 Å². The molecule has 1 amide bonds. The van der Waals surface area contributed by atoms with Crippen molar-refractivity contribution in [1.29, 1.82) is 0 Å². The minimum atomic E-state index is -0.0435. The van der Waals surface area contributed by atoms with Gasteiger partial charge in [0.05, 0.1) is 7.11 Å². The fourth-order valence-electron chi connectivity index (χ4n) is 3.61. The lowest BCUT2D eigenvalue weighted by Crippen LogP contribution is -2.38. The summed E-state index contributed by atoms with van der Waals surface area (Å²) < 4.78 is 5.14. The summed E-state index contributed by atoms with van der Waals surface area (Å²) in [4.78, 5) is 12.2. The van der Waals surface area contributed by atoms with Crippen LogP contribution in [0.1, 0.15) is 36.8 Å². The maximum absolute atomic E-state index is 12.2. The van der Waals surface area contributed by atoms with Gasteiger partial charge in [0, 0.05) is 18.0 Å². The molecule has 3 heteroatoms. The van der Waals surface area contributed by atoms with Gasteiger partial charge in [0.25, 0.3) is 0 Å². The van der Waals surface area contributed by atoms with Gasteiger partial charge in [-0.3, -0.25) is 4.79 Å². The molecule has 0 radical (unpaired) electrons. The lowest BCUT2D eigenvalue weighted by atomic mass is 9.79. The van der Waals surface area contributed by atoms with Crippen LogP contribution in [0.5, 0.6) is 5.75 Å². The molecular weight excluding hydrogens is 310 g/mol. The first-order chi connectivity index (χ1) is 12.2. The molecule has 1 N–H and O–H groups in total. The first-order valence-corrected chi connectivity index (χ1v) is 8.87. The van der Waals surface area contributed by atoms with Gasteiger partial charge < -0.3 is 10.1 Å². The molecule has 0 aliphatic heterocycles. The van der Waals surface area contributed by atoms with Crippen LogP contribution in [0.25, 0.3) is 6.08 Å². The molecule has 0 unspecified atom stereocenters. The number of hydrogen-bond donors (Lipinski definition) is 1. The zero-order valence-electron chi connectivity index (χ0n) is 14.7. The highest BCUT2D eigenvalue weighted by Crippen LogP contribution is 2.40. The molecule has 25 heavy (non-hydrogen) atoms. The first-order valence-electron chi connectivity index (χ1n) is 8.87. The van der Waals surface area contributed by atoms with E-state index < -0.39 is 0 Å². The molecule has 0 aromatic heterocycles. The fraction of sp³-hybridized carbons (Fsp3) is 0.318. The van der Waals surface area contributed by atoms with Crippen molar-refractivity contribution in [3.63, 3.8) is 0 Å². The Labute approximate surface area is 149 Å². The number of hydrogen-bond acceptors (Lipinski definition) is 2. The Hall–Kier alpha value is -2.55. The van der Waals surface area contributed by atoms with Gasteiger partial charge in [0.15, 0.2) is 0 Å². The van der Waals surface area contributed by atoms with Gasteiger partial charge in [0.2, 0.25) is 5.91 Å². The zero-order valence-corrected chi connectivity index (χ0v) is 14.7.